The van der Waals surface area contributed by atoms with E-state index in [1.165, 1.54) is 24.0 Å². The summed E-state index contributed by atoms with van der Waals surface area (Å²) in [5, 5.41) is 22.8. The highest BCUT2D eigenvalue weighted by Crippen LogP contribution is 2.32. The van der Waals surface area contributed by atoms with E-state index in [1.54, 1.807) is 47.5 Å². The Kier molecular flexibility index (Phi) is 9.75. The molecule has 6 rings (SSSR count). The Balaban J connectivity index is 1.26. The first-order valence-corrected chi connectivity index (χ1v) is 17.3. The van der Waals surface area contributed by atoms with Crippen molar-refractivity contribution in [2.24, 2.45) is 7.05 Å². The lowest BCUT2D eigenvalue weighted by atomic mass is 9.86. The number of fused-ring (bicyclic) bond motifs is 1. The smallest absolute Gasteiger partial charge is 0.410 e. The van der Waals surface area contributed by atoms with E-state index in [4.69, 9.17) is 4.74 Å². The minimum atomic E-state index is -0.666. The van der Waals surface area contributed by atoms with E-state index in [0.29, 0.717) is 41.1 Å². The minimum absolute atomic E-state index is 0.103. The van der Waals surface area contributed by atoms with Gasteiger partial charge >= 0.3 is 6.09 Å². The van der Waals surface area contributed by atoms with Crippen LogP contribution in [0.15, 0.2) is 70.5 Å². The van der Waals surface area contributed by atoms with Crippen LogP contribution in [0.25, 0.3) is 27.7 Å². The second kappa shape index (κ2) is 13.9. The summed E-state index contributed by atoms with van der Waals surface area (Å²) in [6.07, 6.45) is 4.48. The predicted octanol–water partition coefficient (Wildman–Crippen LogP) is 6.33. The summed E-state index contributed by atoms with van der Waals surface area (Å²) in [6, 6.07) is 13.5. The lowest BCUT2D eigenvalue weighted by Crippen LogP contribution is -2.41. The molecule has 1 amide bonds. The Morgan fingerprint density at radius 1 is 1.00 bits per heavy atom. The van der Waals surface area contributed by atoms with E-state index in [0.717, 1.165) is 28.7 Å². The van der Waals surface area contributed by atoms with E-state index >= 15 is 4.39 Å². The molecule has 1 aliphatic rings. The summed E-state index contributed by atoms with van der Waals surface area (Å²) in [6.45, 7) is 12.1. The molecule has 2 aromatic carbocycles. The highest BCUT2D eigenvalue weighted by atomic mass is 19.1. The van der Waals surface area contributed by atoms with Gasteiger partial charge in [-0.15, -0.1) is 0 Å². The van der Waals surface area contributed by atoms with Gasteiger partial charge in [0.2, 0.25) is 0 Å². The first-order valence-electron chi connectivity index (χ1n) is 17.3. The molecule has 3 aromatic heterocycles. The number of likely N-dealkylation sites (tertiary alicyclic amines) is 1. The van der Waals surface area contributed by atoms with Crippen LogP contribution >= 0.6 is 0 Å². The number of hydrogen-bond acceptors (Lipinski definition) is 9. The van der Waals surface area contributed by atoms with Crippen LogP contribution in [0, 0.1) is 5.82 Å². The number of halogens is 1. The molecule has 0 unspecified atom stereocenters. The predicted molar refractivity (Wildman–Crippen MR) is 198 cm³/mol. The third kappa shape index (κ3) is 7.45. The molecular weight excluding hydrogens is 665 g/mol. The van der Waals surface area contributed by atoms with Crippen LogP contribution in [0.2, 0.25) is 0 Å². The largest absolute Gasteiger partial charge is 0.444 e. The van der Waals surface area contributed by atoms with Gasteiger partial charge in [-0.3, -0.25) is 9.59 Å². The highest BCUT2D eigenvalue weighted by molar-refractivity contribution is 5.83. The summed E-state index contributed by atoms with van der Waals surface area (Å²) < 4.78 is 23.2. The van der Waals surface area contributed by atoms with Crippen LogP contribution in [0.4, 0.5) is 20.7 Å². The van der Waals surface area contributed by atoms with Crippen molar-refractivity contribution in [1.82, 2.24) is 29.4 Å². The van der Waals surface area contributed by atoms with Gasteiger partial charge in [-0.1, -0.05) is 39.0 Å². The molecule has 1 fully saturated rings. The Morgan fingerprint density at radius 2 is 1.73 bits per heavy atom. The average Bonchev–Trinajstić information content (AvgIpc) is 3.09. The topological polar surface area (TPSA) is 144 Å². The van der Waals surface area contributed by atoms with Crippen LogP contribution in [0.5, 0.6) is 0 Å². The number of anilines is 2. The molecule has 5 aromatic rings. The number of pyridine rings is 1. The van der Waals surface area contributed by atoms with Crippen LogP contribution < -0.4 is 16.4 Å². The molecule has 0 radical (unpaired) electrons. The van der Waals surface area contributed by atoms with Crippen molar-refractivity contribution < 1.29 is 19.0 Å². The third-order valence-electron chi connectivity index (χ3n) is 9.25. The number of nitrogens with zero attached hydrogens (tertiary/aromatic N) is 6. The summed E-state index contributed by atoms with van der Waals surface area (Å²) >= 11 is 0. The van der Waals surface area contributed by atoms with Crippen LogP contribution in [0.3, 0.4) is 0 Å². The maximum atomic E-state index is 15.4. The number of aromatic nitrogens is 5. The number of rotatable bonds is 6. The molecule has 0 saturated carbocycles. The second-order valence-electron chi connectivity index (χ2n) is 15.2. The number of ether oxygens (including phenoxy) is 1. The molecule has 0 bridgehead atoms. The fraction of sp³-hybridized carbons (Fsp3) is 0.385. The van der Waals surface area contributed by atoms with Gasteiger partial charge < -0.3 is 20.1 Å². The van der Waals surface area contributed by atoms with Gasteiger partial charge in [0, 0.05) is 42.8 Å². The van der Waals surface area contributed by atoms with Crippen molar-refractivity contribution in [3.63, 3.8) is 0 Å². The molecule has 2 N–H and O–H groups in total. The number of aliphatic hydroxyl groups is 1. The van der Waals surface area contributed by atoms with Gasteiger partial charge in [-0.05, 0) is 86.4 Å². The number of benzene rings is 2. The Labute approximate surface area is 300 Å². The van der Waals surface area contributed by atoms with Crippen molar-refractivity contribution >= 4 is 28.4 Å². The number of nitrogens with one attached hydrogen (secondary N) is 1. The van der Waals surface area contributed by atoms with Gasteiger partial charge in [0.05, 0.1) is 29.6 Å². The summed E-state index contributed by atoms with van der Waals surface area (Å²) in [5.41, 5.74) is 1.41. The maximum Gasteiger partial charge on any atom is 0.410 e. The monoisotopic (exact) mass is 709 g/mol. The van der Waals surface area contributed by atoms with E-state index in [2.05, 4.69) is 20.5 Å². The molecule has 0 spiro atoms. The Hall–Kier alpha value is -5.43. The minimum Gasteiger partial charge on any atom is -0.444 e. The molecule has 4 heterocycles. The van der Waals surface area contributed by atoms with E-state index in [9.17, 15) is 19.5 Å². The molecule has 272 valence electrons. The van der Waals surface area contributed by atoms with Crippen molar-refractivity contribution in [1.29, 1.82) is 0 Å². The SMILES string of the molecule is Cn1nc(-c2cccc(-n3ncc4cc(C(C)(C)C)cc(F)c4c3=O)c2CO)cc(Nc2ccc(C3CCN(C(=O)OC(C)(C)C)CC3)cn2)c1=O. The lowest BCUT2D eigenvalue weighted by Gasteiger charge is -2.33. The fourth-order valence-corrected chi connectivity index (χ4v) is 6.43. The number of aliphatic hydroxyl groups excluding tert-OH is 1. The summed E-state index contributed by atoms with van der Waals surface area (Å²) in [7, 11) is 1.52. The summed E-state index contributed by atoms with van der Waals surface area (Å²) in [4.78, 5) is 45.7. The number of hydrogen-bond donors (Lipinski definition) is 2. The molecule has 1 saturated heterocycles. The fourth-order valence-electron chi connectivity index (χ4n) is 6.43. The van der Waals surface area contributed by atoms with Gasteiger partial charge in [0.25, 0.3) is 11.1 Å². The lowest BCUT2D eigenvalue weighted by molar-refractivity contribution is 0.0204. The van der Waals surface area contributed by atoms with Crippen molar-refractivity contribution in [2.75, 3.05) is 18.4 Å². The number of amides is 1. The highest BCUT2D eigenvalue weighted by Gasteiger charge is 2.28. The quantitative estimate of drug-likeness (QED) is 0.207. The molecule has 0 atom stereocenters. The van der Waals surface area contributed by atoms with Crippen molar-refractivity contribution in [3.05, 3.63) is 104 Å². The van der Waals surface area contributed by atoms with Crippen LogP contribution in [-0.2, 0) is 23.8 Å². The Morgan fingerprint density at radius 3 is 2.37 bits per heavy atom. The van der Waals surface area contributed by atoms with Crippen molar-refractivity contribution in [3.8, 4) is 16.9 Å². The zero-order valence-corrected chi connectivity index (χ0v) is 30.5. The van der Waals surface area contributed by atoms with Crippen LogP contribution in [-0.4, -0.2) is 59.3 Å². The summed E-state index contributed by atoms with van der Waals surface area (Å²) in [5.74, 6) is 0.0293. The zero-order chi connectivity index (χ0) is 37.5. The number of carbonyl (C=O) groups excluding carboxylic acids is 1. The standard InChI is InChI=1S/C39H44FN7O5/c1-38(2,3)26-17-25-21-42-47(36(50)34(25)29(40)18-26)32-10-8-9-27(28(32)22-48)30-19-31(35(49)45(7)44-30)43-33-12-11-24(20-41-33)23-13-15-46(16-14-23)37(51)52-39(4,5)6/h8-12,17-21,23,48H,13-16,22H2,1-7H3,(H,41,43). The first kappa shape index (κ1) is 36.4. The number of aryl methyl sites for hydroxylation is 1. The first-order chi connectivity index (χ1) is 24.5. The average molecular weight is 710 g/mol. The second-order valence-corrected chi connectivity index (χ2v) is 15.2. The molecule has 0 aliphatic carbocycles. The molecule has 52 heavy (non-hydrogen) atoms. The Bertz CT molecular complexity index is 2260. The third-order valence-corrected chi connectivity index (χ3v) is 9.25. The normalized spacial score (nSPS) is 14.1. The maximum absolute atomic E-state index is 15.4. The van der Waals surface area contributed by atoms with E-state index in [1.807, 2.05) is 47.6 Å². The van der Waals surface area contributed by atoms with Crippen molar-refractivity contribution in [2.45, 2.75) is 77.9 Å². The molecule has 1 aliphatic heterocycles. The molecule has 13 heteroatoms. The van der Waals surface area contributed by atoms with Gasteiger partial charge in [0.15, 0.2) is 0 Å². The van der Waals surface area contributed by atoms with Gasteiger partial charge in [0.1, 0.15) is 22.9 Å². The van der Waals surface area contributed by atoms with E-state index in [-0.39, 0.29) is 34.2 Å². The van der Waals surface area contributed by atoms with Gasteiger partial charge in [-0.25, -0.2) is 18.9 Å². The van der Waals surface area contributed by atoms with Gasteiger partial charge in [-0.2, -0.15) is 14.9 Å². The van der Waals surface area contributed by atoms with E-state index < -0.39 is 29.1 Å². The zero-order valence-electron chi connectivity index (χ0n) is 30.5. The molecular formula is C39H44FN7O5. The number of carbonyl (C=O) groups is 1. The molecule has 12 nitrogen and oxygen atoms in total. The number of piperidine rings is 1. The van der Waals surface area contributed by atoms with Crippen LogP contribution in [0.1, 0.15) is 77.0 Å².